The summed E-state index contributed by atoms with van der Waals surface area (Å²) < 4.78 is 25.9. The number of likely N-dealkylation sites (N-methyl/N-ethyl adjacent to an activating group) is 1. The maximum Gasteiger partial charge on any atom is 0.244 e. The number of nitrogens with one attached hydrogen (secondary N) is 1. The summed E-state index contributed by atoms with van der Waals surface area (Å²) in [4.78, 5) is 27.1. The average Bonchev–Trinajstić information content (AvgIpc) is 2.70. The van der Waals surface area contributed by atoms with Gasteiger partial charge in [-0.2, -0.15) is 0 Å². The van der Waals surface area contributed by atoms with Crippen LogP contribution in [-0.2, 0) is 26.2 Å². The summed E-state index contributed by atoms with van der Waals surface area (Å²) >= 11 is 18.2. The number of amides is 2. The maximum atomic E-state index is 13.3. The predicted octanol–water partition coefficient (Wildman–Crippen LogP) is 3.97. The molecule has 7 nitrogen and oxygen atoms in total. The summed E-state index contributed by atoms with van der Waals surface area (Å²) in [5, 5.41) is 3.76. The van der Waals surface area contributed by atoms with Gasteiger partial charge in [-0.05, 0) is 49.7 Å². The summed E-state index contributed by atoms with van der Waals surface area (Å²) in [5.41, 5.74) is 0.803. The van der Waals surface area contributed by atoms with Crippen LogP contribution < -0.4 is 9.62 Å². The fraction of sp³-hybridized carbons (Fsp3) is 0.333. The Morgan fingerprint density at radius 1 is 1.06 bits per heavy atom. The number of benzene rings is 2. The molecule has 32 heavy (non-hydrogen) atoms. The highest BCUT2D eigenvalue weighted by Crippen LogP contribution is 2.25. The molecule has 0 saturated heterocycles. The standard InChI is InChI=1S/C21H24Cl3N3O4S/c1-4-25-21(29)14(2)26(12-15-8-9-17(23)11-19(15)24)20(28)13-27(32(3,30)31)18-7-5-6-16(22)10-18/h5-11,14H,4,12-13H2,1-3H3,(H,25,29)/t14-/m1/s1. The maximum absolute atomic E-state index is 13.3. The zero-order chi connectivity index (χ0) is 24.1. The van der Waals surface area contributed by atoms with Gasteiger partial charge < -0.3 is 10.2 Å². The van der Waals surface area contributed by atoms with Crippen molar-refractivity contribution in [3.05, 3.63) is 63.1 Å². The molecule has 1 N–H and O–H groups in total. The van der Waals surface area contributed by atoms with Crippen molar-refractivity contribution in [2.24, 2.45) is 0 Å². The van der Waals surface area contributed by atoms with Crippen LogP contribution in [0.3, 0.4) is 0 Å². The molecule has 0 aliphatic heterocycles. The fourth-order valence-electron chi connectivity index (χ4n) is 2.98. The first-order valence-electron chi connectivity index (χ1n) is 9.68. The van der Waals surface area contributed by atoms with E-state index in [9.17, 15) is 18.0 Å². The lowest BCUT2D eigenvalue weighted by Gasteiger charge is -2.31. The Morgan fingerprint density at radius 2 is 1.72 bits per heavy atom. The van der Waals surface area contributed by atoms with Crippen LogP contribution in [0, 0.1) is 0 Å². The van der Waals surface area contributed by atoms with Gasteiger partial charge in [0.05, 0.1) is 11.9 Å². The van der Waals surface area contributed by atoms with Crippen molar-refractivity contribution >= 4 is 62.3 Å². The molecule has 2 aromatic rings. The summed E-state index contributed by atoms with van der Waals surface area (Å²) in [6.45, 7) is 3.17. The van der Waals surface area contributed by atoms with Crippen LogP contribution in [0.2, 0.25) is 15.1 Å². The van der Waals surface area contributed by atoms with Gasteiger partial charge in [0.25, 0.3) is 0 Å². The van der Waals surface area contributed by atoms with Crippen LogP contribution in [0.15, 0.2) is 42.5 Å². The van der Waals surface area contributed by atoms with Crippen LogP contribution in [0.5, 0.6) is 0 Å². The zero-order valence-electron chi connectivity index (χ0n) is 17.8. The van der Waals surface area contributed by atoms with Crippen molar-refractivity contribution in [3.63, 3.8) is 0 Å². The van der Waals surface area contributed by atoms with Crippen molar-refractivity contribution in [2.75, 3.05) is 23.7 Å². The average molecular weight is 521 g/mol. The Kier molecular flexibility index (Phi) is 9.21. The van der Waals surface area contributed by atoms with Crippen molar-refractivity contribution in [1.82, 2.24) is 10.2 Å². The third-order valence-electron chi connectivity index (χ3n) is 4.65. The minimum Gasteiger partial charge on any atom is -0.355 e. The molecular weight excluding hydrogens is 497 g/mol. The molecule has 0 spiro atoms. The number of rotatable bonds is 9. The summed E-state index contributed by atoms with van der Waals surface area (Å²) in [5.74, 6) is -0.959. The van der Waals surface area contributed by atoms with Gasteiger partial charge in [0.2, 0.25) is 21.8 Å². The molecule has 0 aromatic heterocycles. The van der Waals surface area contributed by atoms with Gasteiger partial charge in [-0.25, -0.2) is 8.42 Å². The highest BCUT2D eigenvalue weighted by atomic mass is 35.5. The molecule has 0 aliphatic carbocycles. The number of halogens is 3. The van der Waals surface area contributed by atoms with Gasteiger partial charge in [0.15, 0.2) is 0 Å². The molecule has 174 valence electrons. The third-order valence-corrected chi connectivity index (χ3v) is 6.61. The van der Waals surface area contributed by atoms with E-state index in [-0.39, 0.29) is 18.1 Å². The van der Waals surface area contributed by atoms with Crippen LogP contribution in [0.25, 0.3) is 0 Å². The van der Waals surface area contributed by atoms with E-state index in [1.807, 2.05) is 0 Å². The molecule has 2 rings (SSSR count). The highest BCUT2D eigenvalue weighted by Gasteiger charge is 2.30. The number of nitrogens with zero attached hydrogens (tertiary/aromatic N) is 2. The lowest BCUT2D eigenvalue weighted by Crippen LogP contribution is -2.51. The number of sulfonamides is 1. The van der Waals surface area contributed by atoms with E-state index in [1.54, 1.807) is 38.1 Å². The lowest BCUT2D eigenvalue weighted by molar-refractivity contribution is -0.139. The van der Waals surface area contributed by atoms with Gasteiger partial charge in [-0.15, -0.1) is 0 Å². The van der Waals surface area contributed by atoms with Gasteiger partial charge in [-0.3, -0.25) is 13.9 Å². The largest absolute Gasteiger partial charge is 0.355 e. The Morgan fingerprint density at radius 3 is 2.28 bits per heavy atom. The first-order chi connectivity index (χ1) is 14.9. The number of anilines is 1. The van der Waals surface area contributed by atoms with E-state index < -0.39 is 28.5 Å². The second-order valence-corrected chi connectivity index (χ2v) is 10.3. The van der Waals surface area contributed by atoms with Crippen molar-refractivity contribution in [1.29, 1.82) is 0 Å². The van der Waals surface area contributed by atoms with Crippen LogP contribution in [-0.4, -0.2) is 50.5 Å². The minimum atomic E-state index is -3.82. The topological polar surface area (TPSA) is 86.8 Å². The molecule has 0 saturated carbocycles. The molecule has 0 unspecified atom stereocenters. The SMILES string of the molecule is CCNC(=O)[C@@H](C)N(Cc1ccc(Cl)cc1Cl)C(=O)CN(c1cccc(Cl)c1)S(C)(=O)=O. The fourth-order valence-corrected chi connectivity index (χ4v) is 4.48. The highest BCUT2D eigenvalue weighted by molar-refractivity contribution is 7.92. The quantitative estimate of drug-likeness (QED) is 0.542. The van der Waals surface area contributed by atoms with E-state index in [0.717, 1.165) is 10.6 Å². The van der Waals surface area contributed by atoms with Crippen LogP contribution in [0.4, 0.5) is 5.69 Å². The Bertz CT molecular complexity index is 1100. The minimum absolute atomic E-state index is 0.0136. The summed E-state index contributed by atoms with van der Waals surface area (Å²) in [6, 6.07) is 10.1. The Labute approximate surface area is 203 Å². The lowest BCUT2D eigenvalue weighted by atomic mass is 10.1. The molecular formula is C21H24Cl3N3O4S. The molecule has 1 atom stereocenters. The monoisotopic (exact) mass is 519 g/mol. The molecule has 11 heteroatoms. The van der Waals surface area contributed by atoms with Crippen molar-refractivity contribution in [3.8, 4) is 0 Å². The number of hydrogen-bond donors (Lipinski definition) is 1. The van der Waals surface area contributed by atoms with Crippen molar-refractivity contribution < 1.29 is 18.0 Å². The van der Waals surface area contributed by atoms with Gasteiger partial charge in [-0.1, -0.05) is 46.9 Å². The first kappa shape index (κ1) is 26.3. The van der Waals surface area contributed by atoms with E-state index in [0.29, 0.717) is 27.2 Å². The second kappa shape index (κ2) is 11.2. The molecule has 2 amide bonds. The molecule has 0 aliphatic rings. The van der Waals surface area contributed by atoms with E-state index in [4.69, 9.17) is 34.8 Å². The van der Waals surface area contributed by atoms with Gasteiger partial charge >= 0.3 is 0 Å². The third kappa shape index (κ3) is 7.00. The normalized spacial score (nSPS) is 12.2. The second-order valence-electron chi connectivity index (χ2n) is 7.08. The molecule has 0 fully saturated rings. The number of carbonyl (C=O) groups excluding carboxylic acids is 2. The van der Waals surface area contributed by atoms with Gasteiger partial charge in [0.1, 0.15) is 12.6 Å². The molecule has 0 radical (unpaired) electrons. The first-order valence-corrected chi connectivity index (χ1v) is 12.7. The van der Waals surface area contributed by atoms with Crippen LogP contribution in [0.1, 0.15) is 19.4 Å². The summed E-state index contributed by atoms with van der Waals surface area (Å²) in [7, 11) is -3.82. The Balaban J connectivity index is 2.41. The molecule has 0 heterocycles. The number of carbonyl (C=O) groups is 2. The Hall–Kier alpha value is -2.00. The molecule has 2 aromatic carbocycles. The van der Waals surface area contributed by atoms with Crippen LogP contribution >= 0.6 is 34.8 Å². The smallest absolute Gasteiger partial charge is 0.244 e. The summed E-state index contributed by atoms with van der Waals surface area (Å²) in [6.07, 6.45) is 0.995. The molecule has 0 bridgehead atoms. The van der Waals surface area contributed by atoms with Crippen molar-refractivity contribution in [2.45, 2.75) is 26.4 Å². The van der Waals surface area contributed by atoms with E-state index in [2.05, 4.69) is 5.32 Å². The van der Waals surface area contributed by atoms with E-state index >= 15 is 0 Å². The zero-order valence-corrected chi connectivity index (χ0v) is 20.9. The van der Waals surface area contributed by atoms with E-state index in [1.165, 1.54) is 23.1 Å². The number of hydrogen-bond acceptors (Lipinski definition) is 4. The van der Waals surface area contributed by atoms with Gasteiger partial charge in [0, 0.05) is 28.2 Å². The predicted molar refractivity (Wildman–Crippen MR) is 129 cm³/mol.